The van der Waals surface area contributed by atoms with E-state index in [1.807, 2.05) is 18.9 Å². The molecule has 0 radical (unpaired) electrons. The number of ether oxygens (including phenoxy) is 1. The van der Waals surface area contributed by atoms with Crippen LogP contribution in [0.4, 0.5) is 5.82 Å². The molecule has 0 amide bonds. The normalized spacial score (nSPS) is 11.4. The van der Waals surface area contributed by atoms with Crippen molar-refractivity contribution >= 4 is 11.8 Å². The minimum absolute atomic E-state index is 0.0953. The van der Waals surface area contributed by atoms with Crippen molar-refractivity contribution in [2.75, 3.05) is 25.6 Å². The number of nitriles is 1. The van der Waals surface area contributed by atoms with Crippen molar-refractivity contribution < 1.29 is 9.53 Å². The first kappa shape index (κ1) is 12.9. The summed E-state index contributed by atoms with van der Waals surface area (Å²) in [5, 5.41) is 8.71. The number of hydrogen-bond donors (Lipinski definition) is 0. The van der Waals surface area contributed by atoms with Crippen molar-refractivity contribution in [2.24, 2.45) is 5.92 Å². The average molecular weight is 234 g/mol. The zero-order valence-corrected chi connectivity index (χ0v) is 10.0. The standard InChI is InChI=1S/C11H14N4O2/c1-8(4-12)7-15(2)10-6-13-9(5-14-10)11(16)17-3/h5-6,8H,7H2,1-3H3. The van der Waals surface area contributed by atoms with Gasteiger partial charge in [0.2, 0.25) is 0 Å². The molecule has 0 N–H and O–H groups in total. The lowest BCUT2D eigenvalue weighted by atomic mass is 10.2. The third-order valence-corrected chi connectivity index (χ3v) is 2.19. The molecule has 0 aliphatic carbocycles. The van der Waals surface area contributed by atoms with E-state index in [2.05, 4.69) is 20.8 Å². The molecular formula is C11H14N4O2. The van der Waals surface area contributed by atoms with Crippen molar-refractivity contribution in [3.63, 3.8) is 0 Å². The molecule has 1 aromatic rings. The molecule has 1 unspecified atom stereocenters. The highest BCUT2D eigenvalue weighted by Crippen LogP contribution is 2.09. The molecule has 0 saturated heterocycles. The minimum Gasteiger partial charge on any atom is -0.464 e. The predicted molar refractivity (Wildman–Crippen MR) is 61.4 cm³/mol. The van der Waals surface area contributed by atoms with Gasteiger partial charge >= 0.3 is 5.97 Å². The van der Waals surface area contributed by atoms with Crippen molar-refractivity contribution in [3.05, 3.63) is 18.1 Å². The Labute approximate surface area is 99.9 Å². The lowest BCUT2D eigenvalue weighted by molar-refractivity contribution is 0.0593. The third kappa shape index (κ3) is 3.41. The fourth-order valence-corrected chi connectivity index (χ4v) is 1.27. The number of anilines is 1. The Balaban J connectivity index is 2.74. The molecule has 6 nitrogen and oxygen atoms in total. The van der Waals surface area contributed by atoms with Crippen LogP contribution < -0.4 is 4.90 Å². The number of carbonyl (C=O) groups is 1. The minimum atomic E-state index is -0.517. The summed E-state index contributed by atoms with van der Waals surface area (Å²) in [6, 6.07) is 2.14. The molecule has 90 valence electrons. The number of methoxy groups -OCH3 is 1. The molecule has 0 fully saturated rings. The summed E-state index contributed by atoms with van der Waals surface area (Å²) in [5.74, 6) is -0.000988. The van der Waals surface area contributed by atoms with E-state index in [0.717, 1.165) is 0 Å². The highest BCUT2D eigenvalue weighted by molar-refractivity contribution is 5.86. The Morgan fingerprint density at radius 3 is 2.76 bits per heavy atom. The van der Waals surface area contributed by atoms with Gasteiger partial charge in [0.05, 0.1) is 31.5 Å². The van der Waals surface area contributed by atoms with Crippen LogP contribution in [0, 0.1) is 17.2 Å². The van der Waals surface area contributed by atoms with Gasteiger partial charge in [0.15, 0.2) is 5.69 Å². The molecule has 0 saturated carbocycles. The maximum atomic E-state index is 11.1. The van der Waals surface area contributed by atoms with E-state index in [9.17, 15) is 4.79 Å². The van der Waals surface area contributed by atoms with E-state index in [1.54, 1.807) is 0 Å². The molecule has 1 atom stereocenters. The van der Waals surface area contributed by atoms with Crippen LogP contribution in [0.25, 0.3) is 0 Å². The zero-order valence-electron chi connectivity index (χ0n) is 10.0. The second-order valence-electron chi connectivity index (χ2n) is 3.66. The summed E-state index contributed by atoms with van der Waals surface area (Å²) in [6.45, 7) is 2.38. The van der Waals surface area contributed by atoms with Crippen molar-refractivity contribution in [1.29, 1.82) is 5.26 Å². The molecule has 0 aliphatic heterocycles. The molecular weight excluding hydrogens is 220 g/mol. The summed E-state index contributed by atoms with van der Waals surface area (Å²) >= 11 is 0. The number of rotatable bonds is 4. The summed E-state index contributed by atoms with van der Waals surface area (Å²) in [7, 11) is 3.11. The Morgan fingerprint density at radius 2 is 2.29 bits per heavy atom. The Hall–Kier alpha value is -2.16. The third-order valence-electron chi connectivity index (χ3n) is 2.19. The van der Waals surface area contributed by atoms with Gasteiger partial charge in [0.1, 0.15) is 5.82 Å². The summed E-state index contributed by atoms with van der Waals surface area (Å²) in [5.41, 5.74) is 0.165. The van der Waals surface area contributed by atoms with E-state index < -0.39 is 5.97 Å². The van der Waals surface area contributed by atoms with Crippen LogP contribution in [0.1, 0.15) is 17.4 Å². The number of aromatic nitrogens is 2. The second kappa shape index (κ2) is 5.80. The average Bonchev–Trinajstić information content (AvgIpc) is 2.37. The van der Waals surface area contributed by atoms with Crippen LogP contribution in [-0.2, 0) is 4.74 Å². The van der Waals surface area contributed by atoms with Crippen LogP contribution in [0.15, 0.2) is 12.4 Å². The number of esters is 1. The van der Waals surface area contributed by atoms with E-state index in [-0.39, 0.29) is 11.6 Å². The monoisotopic (exact) mass is 234 g/mol. The largest absolute Gasteiger partial charge is 0.464 e. The highest BCUT2D eigenvalue weighted by Gasteiger charge is 2.11. The van der Waals surface area contributed by atoms with Gasteiger partial charge in [0, 0.05) is 13.6 Å². The lowest BCUT2D eigenvalue weighted by Crippen LogP contribution is -2.24. The smallest absolute Gasteiger partial charge is 0.358 e. The van der Waals surface area contributed by atoms with Crippen LogP contribution in [-0.4, -0.2) is 36.6 Å². The molecule has 1 rings (SSSR count). The van der Waals surface area contributed by atoms with Gasteiger partial charge in [-0.05, 0) is 6.92 Å². The highest BCUT2D eigenvalue weighted by atomic mass is 16.5. The lowest BCUT2D eigenvalue weighted by Gasteiger charge is -2.18. The Bertz CT molecular complexity index is 424. The molecule has 0 bridgehead atoms. The molecule has 1 aromatic heterocycles. The van der Waals surface area contributed by atoms with E-state index >= 15 is 0 Å². The predicted octanol–water partition coefficient (Wildman–Crippen LogP) is 0.859. The van der Waals surface area contributed by atoms with Crippen LogP contribution in [0.3, 0.4) is 0 Å². The maximum Gasteiger partial charge on any atom is 0.358 e. The van der Waals surface area contributed by atoms with E-state index in [0.29, 0.717) is 12.4 Å². The summed E-state index contributed by atoms with van der Waals surface area (Å²) < 4.78 is 4.52. The van der Waals surface area contributed by atoms with Gasteiger partial charge in [-0.15, -0.1) is 0 Å². The first-order chi connectivity index (χ1) is 8.08. The first-order valence-corrected chi connectivity index (χ1v) is 5.09. The van der Waals surface area contributed by atoms with E-state index in [4.69, 9.17) is 5.26 Å². The summed E-state index contributed by atoms with van der Waals surface area (Å²) in [4.78, 5) is 21.0. The van der Waals surface area contributed by atoms with Gasteiger partial charge in [0.25, 0.3) is 0 Å². The van der Waals surface area contributed by atoms with Crippen LogP contribution in [0.2, 0.25) is 0 Å². The molecule has 0 spiro atoms. The van der Waals surface area contributed by atoms with Gasteiger partial charge in [-0.3, -0.25) is 0 Å². The van der Waals surface area contributed by atoms with Crippen molar-refractivity contribution in [2.45, 2.75) is 6.92 Å². The molecule has 1 heterocycles. The topological polar surface area (TPSA) is 79.1 Å². The number of carbonyl (C=O) groups excluding carboxylic acids is 1. The number of hydrogen-bond acceptors (Lipinski definition) is 6. The van der Waals surface area contributed by atoms with E-state index in [1.165, 1.54) is 19.5 Å². The fraction of sp³-hybridized carbons (Fsp3) is 0.455. The maximum absolute atomic E-state index is 11.1. The second-order valence-corrected chi connectivity index (χ2v) is 3.66. The quantitative estimate of drug-likeness (QED) is 0.719. The molecule has 0 aliphatic rings. The van der Waals surface area contributed by atoms with Crippen LogP contribution >= 0.6 is 0 Å². The Morgan fingerprint density at radius 1 is 1.59 bits per heavy atom. The SMILES string of the molecule is COC(=O)c1cnc(N(C)CC(C)C#N)cn1. The van der Waals surface area contributed by atoms with Crippen LogP contribution in [0.5, 0.6) is 0 Å². The Kier molecular flexibility index (Phi) is 4.40. The number of nitrogens with zero attached hydrogens (tertiary/aromatic N) is 4. The van der Waals surface area contributed by atoms with Crippen molar-refractivity contribution in [1.82, 2.24) is 9.97 Å². The van der Waals surface area contributed by atoms with Gasteiger partial charge < -0.3 is 9.64 Å². The van der Waals surface area contributed by atoms with Gasteiger partial charge in [-0.1, -0.05) is 0 Å². The molecule has 0 aromatic carbocycles. The molecule has 17 heavy (non-hydrogen) atoms. The first-order valence-electron chi connectivity index (χ1n) is 5.09. The summed E-state index contributed by atoms with van der Waals surface area (Å²) in [6.07, 6.45) is 2.84. The zero-order chi connectivity index (χ0) is 12.8. The molecule has 6 heteroatoms. The van der Waals surface area contributed by atoms with Gasteiger partial charge in [-0.2, -0.15) is 5.26 Å². The van der Waals surface area contributed by atoms with Crippen molar-refractivity contribution in [3.8, 4) is 6.07 Å². The fourth-order valence-electron chi connectivity index (χ4n) is 1.27. The van der Waals surface area contributed by atoms with Gasteiger partial charge in [-0.25, -0.2) is 14.8 Å².